The minimum absolute atomic E-state index is 0.0319. The van der Waals surface area contributed by atoms with Crippen LogP contribution in [0.15, 0.2) is 12.2 Å². The Labute approximate surface area is 137 Å². The molecule has 0 unspecified atom stereocenters. The molecule has 0 saturated heterocycles. The van der Waals surface area contributed by atoms with Crippen molar-refractivity contribution in [3.63, 3.8) is 0 Å². The van der Waals surface area contributed by atoms with Crippen LogP contribution >= 0.6 is 0 Å². The maximum absolute atomic E-state index is 11.2. The van der Waals surface area contributed by atoms with Crippen LogP contribution in [-0.2, 0) is 9.53 Å². The van der Waals surface area contributed by atoms with E-state index in [0.29, 0.717) is 13.0 Å². The van der Waals surface area contributed by atoms with Gasteiger partial charge in [0.25, 0.3) is 0 Å². The number of allylic oxidation sites excluding steroid dienone is 2. The first-order chi connectivity index (χ1) is 10.8. The smallest absolute Gasteiger partial charge is 0.305 e. The van der Waals surface area contributed by atoms with Gasteiger partial charge in [-0.3, -0.25) is 4.79 Å². The molecule has 1 atom stereocenters. The lowest BCUT2D eigenvalue weighted by molar-refractivity contribution is -0.143. The minimum Gasteiger partial charge on any atom is -0.466 e. The average molecular weight is 309 g/mol. The van der Waals surface area contributed by atoms with Gasteiger partial charge in [-0.1, -0.05) is 69.9 Å². The summed E-state index contributed by atoms with van der Waals surface area (Å²) in [6.45, 7) is 2.37. The monoisotopic (exact) mass is 308 g/mol. The normalized spacial score (nSPS) is 17.0. The van der Waals surface area contributed by atoms with Crippen molar-refractivity contribution >= 4 is 5.97 Å². The van der Waals surface area contributed by atoms with E-state index in [2.05, 4.69) is 12.2 Å². The van der Waals surface area contributed by atoms with Gasteiger partial charge in [0.05, 0.1) is 6.61 Å². The average Bonchev–Trinajstić information content (AvgIpc) is 3.02. The first kappa shape index (κ1) is 19.3. The quantitative estimate of drug-likeness (QED) is 0.217. The topological polar surface area (TPSA) is 26.3 Å². The van der Waals surface area contributed by atoms with Crippen LogP contribution in [0.4, 0.5) is 0 Å². The summed E-state index contributed by atoms with van der Waals surface area (Å²) in [4.78, 5) is 11.2. The molecule has 2 heteroatoms. The fraction of sp³-hybridized carbons (Fsp3) is 0.850. The van der Waals surface area contributed by atoms with Crippen LogP contribution in [0.3, 0.4) is 0 Å². The number of hydrogen-bond donors (Lipinski definition) is 0. The van der Waals surface area contributed by atoms with Gasteiger partial charge in [0.2, 0.25) is 0 Å². The molecule has 0 bridgehead atoms. The van der Waals surface area contributed by atoms with Crippen molar-refractivity contribution in [1.29, 1.82) is 0 Å². The molecular weight excluding hydrogens is 272 g/mol. The van der Waals surface area contributed by atoms with Gasteiger partial charge in [0.15, 0.2) is 0 Å². The summed E-state index contributed by atoms with van der Waals surface area (Å²) in [5.74, 6) is 0.866. The number of carbonyl (C=O) groups is 1. The molecular formula is C20H36O2. The van der Waals surface area contributed by atoms with Crippen LogP contribution in [0.25, 0.3) is 0 Å². The third-order valence-corrected chi connectivity index (χ3v) is 4.62. The summed E-state index contributed by atoms with van der Waals surface area (Å²) in [5, 5.41) is 0. The Kier molecular flexibility index (Phi) is 12.1. The van der Waals surface area contributed by atoms with Gasteiger partial charge in [0, 0.05) is 6.42 Å². The van der Waals surface area contributed by atoms with E-state index in [-0.39, 0.29) is 5.97 Å². The molecule has 0 heterocycles. The van der Waals surface area contributed by atoms with Crippen LogP contribution < -0.4 is 0 Å². The highest BCUT2D eigenvalue weighted by molar-refractivity contribution is 5.69. The van der Waals surface area contributed by atoms with E-state index in [1.54, 1.807) is 0 Å². The largest absolute Gasteiger partial charge is 0.466 e. The van der Waals surface area contributed by atoms with Crippen LogP contribution in [0.5, 0.6) is 0 Å². The second-order valence-corrected chi connectivity index (χ2v) is 6.64. The lowest BCUT2D eigenvalue weighted by Gasteiger charge is -2.07. The highest BCUT2D eigenvalue weighted by Crippen LogP contribution is 2.23. The predicted octanol–water partition coefficient (Wildman–Crippen LogP) is 6.20. The standard InChI is InChI=1S/C20H36O2/c1-2-22-20(21)18-12-10-8-6-4-3-5-7-9-11-15-19-16-13-14-17-19/h13,16,19H,2-12,14-15,17-18H2,1H3/t19-/m1/s1. The Hall–Kier alpha value is -0.790. The maximum atomic E-state index is 11.2. The molecule has 0 spiro atoms. The van der Waals surface area contributed by atoms with E-state index >= 15 is 0 Å². The van der Waals surface area contributed by atoms with Crippen molar-refractivity contribution in [3.05, 3.63) is 12.2 Å². The van der Waals surface area contributed by atoms with Crippen LogP contribution in [0, 0.1) is 5.92 Å². The van der Waals surface area contributed by atoms with E-state index in [1.165, 1.54) is 77.0 Å². The van der Waals surface area contributed by atoms with Gasteiger partial charge in [-0.15, -0.1) is 0 Å². The van der Waals surface area contributed by atoms with Crippen molar-refractivity contribution < 1.29 is 9.53 Å². The van der Waals surface area contributed by atoms with Gasteiger partial charge >= 0.3 is 5.97 Å². The molecule has 0 N–H and O–H groups in total. The molecule has 0 aliphatic heterocycles. The molecule has 0 saturated carbocycles. The molecule has 1 rings (SSSR count). The minimum atomic E-state index is -0.0319. The van der Waals surface area contributed by atoms with E-state index in [1.807, 2.05) is 6.92 Å². The molecule has 1 aliphatic rings. The first-order valence-corrected chi connectivity index (χ1v) is 9.65. The lowest BCUT2D eigenvalue weighted by atomic mass is 9.99. The zero-order valence-electron chi connectivity index (χ0n) is 14.7. The predicted molar refractivity (Wildman–Crippen MR) is 93.9 cm³/mol. The zero-order valence-corrected chi connectivity index (χ0v) is 14.7. The summed E-state index contributed by atoms with van der Waals surface area (Å²) in [6.07, 6.45) is 22.7. The molecule has 2 nitrogen and oxygen atoms in total. The molecule has 22 heavy (non-hydrogen) atoms. The zero-order chi connectivity index (χ0) is 15.9. The third kappa shape index (κ3) is 10.9. The fourth-order valence-corrected chi connectivity index (χ4v) is 3.26. The molecule has 0 radical (unpaired) electrons. The molecule has 1 aliphatic carbocycles. The molecule has 0 amide bonds. The van der Waals surface area contributed by atoms with Crippen LogP contribution in [0.1, 0.15) is 96.8 Å². The Morgan fingerprint density at radius 1 is 0.955 bits per heavy atom. The molecule has 0 fully saturated rings. The van der Waals surface area contributed by atoms with E-state index in [4.69, 9.17) is 4.74 Å². The Balaban J connectivity index is 1.71. The number of ether oxygens (including phenoxy) is 1. The maximum Gasteiger partial charge on any atom is 0.305 e. The van der Waals surface area contributed by atoms with Gasteiger partial charge < -0.3 is 4.74 Å². The molecule has 0 aromatic carbocycles. The van der Waals surface area contributed by atoms with Gasteiger partial charge in [-0.25, -0.2) is 0 Å². The Bertz CT molecular complexity index is 296. The second-order valence-electron chi connectivity index (χ2n) is 6.64. The van der Waals surface area contributed by atoms with Gasteiger partial charge in [0.1, 0.15) is 0 Å². The van der Waals surface area contributed by atoms with Crippen molar-refractivity contribution in [1.82, 2.24) is 0 Å². The highest BCUT2D eigenvalue weighted by Gasteiger charge is 2.07. The Morgan fingerprint density at radius 3 is 2.09 bits per heavy atom. The van der Waals surface area contributed by atoms with E-state index < -0.39 is 0 Å². The second kappa shape index (κ2) is 13.8. The van der Waals surface area contributed by atoms with Crippen molar-refractivity contribution in [2.75, 3.05) is 6.61 Å². The molecule has 0 aromatic heterocycles. The first-order valence-electron chi connectivity index (χ1n) is 9.65. The summed E-state index contributed by atoms with van der Waals surface area (Å²) in [5.41, 5.74) is 0. The molecule has 128 valence electrons. The van der Waals surface area contributed by atoms with Crippen molar-refractivity contribution in [2.24, 2.45) is 5.92 Å². The summed E-state index contributed by atoms with van der Waals surface area (Å²) in [6, 6.07) is 0. The third-order valence-electron chi connectivity index (χ3n) is 4.62. The Morgan fingerprint density at radius 2 is 1.55 bits per heavy atom. The number of unbranched alkanes of at least 4 members (excludes halogenated alkanes) is 9. The SMILES string of the molecule is CCOC(=O)CCCCCCCCCCCC[C@@H]1C=CCC1. The van der Waals surface area contributed by atoms with Gasteiger partial charge in [-0.05, 0) is 38.5 Å². The summed E-state index contributed by atoms with van der Waals surface area (Å²) < 4.78 is 4.92. The van der Waals surface area contributed by atoms with Crippen LogP contribution in [-0.4, -0.2) is 12.6 Å². The number of rotatable bonds is 14. The van der Waals surface area contributed by atoms with E-state index in [9.17, 15) is 4.79 Å². The van der Waals surface area contributed by atoms with Crippen LogP contribution in [0.2, 0.25) is 0 Å². The van der Waals surface area contributed by atoms with Crippen molar-refractivity contribution in [2.45, 2.75) is 96.8 Å². The number of carbonyl (C=O) groups excluding carboxylic acids is 1. The summed E-state index contributed by atoms with van der Waals surface area (Å²) in [7, 11) is 0. The number of esters is 1. The fourth-order valence-electron chi connectivity index (χ4n) is 3.26. The number of hydrogen-bond acceptors (Lipinski definition) is 2. The van der Waals surface area contributed by atoms with Gasteiger partial charge in [-0.2, -0.15) is 0 Å². The highest BCUT2D eigenvalue weighted by atomic mass is 16.5. The van der Waals surface area contributed by atoms with Crippen molar-refractivity contribution in [3.8, 4) is 0 Å². The van der Waals surface area contributed by atoms with E-state index in [0.717, 1.165) is 12.3 Å². The molecule has 0 aromatic rings. The summed E-state index contributed by atoms with van der Waals surface area (Å²) >= 11 is 0. The lowest BCUT2D eigenvalue weighted by Crippen LogP contribution is -2.03.